The topological polar surface area (TPSA) is 95.9 Å². The lowest BCUT2D eigenvalue weighted by atomic mass is 10.0. The van der Waals surface area contributed by atoms with Gasteiger partial charge >= 0.3 is 5.97 Å². The van der Waals surface area contributed by atoms with E-state index in [2.05, 4.69) is 19.2 Å². The largest absolute Gasteiger partial charge is 0.466 e. The maximum absolute atomic E-state index is 12.4. The molecule has 2 unspecified atom stereocenters. The Morgan fingerprint density at radius 3 is 1.24 bits per heavy atom. The van der Waals surface area contributed by atoms with E-state index >= 15 is 0 Å². The average Bonchev–Trinajstić information content (AvgIpc) is 3.18. The van der Waals surface area contributed by atoms with Crippen molar-refractivity contribution in [3.05, 3.63) is 12.2 Å². The average molecular weight is 778 g/mol. The number of aliphatic hydroxyl groups excluding tert-OH is 2. The molecule has 0 aromatic rings. The summed E-state index contributed by atoms with van der Waals surface area (Å²) >= 11 is 0. The van der Waals surface area contributed by atoms with Gasteiger partial charge in [0.1, 0.15) is 0 Å². The molecule has 0 radical (unpaired) electrons. The normalized spacial score (nSPS) is 12.7. The lowest BCUT2D eigenvalue weighted by Gasteiger charge is -2.20. The van der Waals surface area contributed by atoms with E-state index < -0.39 is 12.1 Å². The number of esters is 1. The number of ether oxygens (including phenoxy) is 1. The molecule has 6 nitrogen and oxygen atoms in total. The van der Waals surface area contributed by atoms with Crippen molar-refractivity contribution in [1.29, 1.82) is 0 Å². The Hall–Kier alpha value is -1.40. The second-order valence-electron chi connectivity index (χ2n) is 16.8. The smallest absolute Gasteiger partial charge is 0.305 e. The fourth-order valence-electron chi connectivity index (χ4n) is 7.51. The van der Waals surface area contributed by atoms with Crippen LogP contribution in [0.2, 0.25) is 0 Å². The second-order valence-corrected chi connectivity index (χ2v) is 16.8. The molecule has 0 rings (SSSR count). The number of carbonyl (C=O) groups is 2. The third-order valence-corrected chi connectivity index (χ3v) is 11.3. The zero-order valence-corrected chi connectivity index (χ0v) is 36.9. The predicted octanol–water partition coefficient (Wildman–Crippen LogP) is 14.2. The molecule has 6 heteroatoms. The van der Waals surface area contributed by atoms with Crippen LogP contribution >= 0.6 is 0 Å². The standard InChI is InChI=1S/C49H95NO5/c1-3-5-7-9-11-13-15-17-18-19-20-21-25-29-33-37-41-47(52)46(45-51)50-48(53)42-38-34-30-26-23-24-28-32-36-40-44-55-49(54)43-39-35-31-27-22-16-14-12-10-8-6-4-2/h37,41,46-47,51-52H,3-36,38-40,42-45H2,1-2H3,(H,50,53)/b41-37+. The SMILES string of the molecule is CCCCCCCCCCCCCCCC/C=C/C(O)C(CO)NC(=O)CCCCCCCCCCCCOC(=O)CCCCCCCCCCCCCC. The molecule has 1 amide bonds. The van der Waals surface area contributed by atoms with E-state index in [0.29, 0.717) is 19.4 Å². The van der Waals surface area contributed by atoms with E-state index in [1.165, 1.54) is 180 Å². The molecular formula is C49H95NO5. The highest BCUT2D eigenvalue weighted by Gasteiger charge is 2.18. The van der Waals surface area contributed by atoms with Crippen molar-refractivity contribution in [1.82, 2.24) is 5.32 Å². The van der Waals surface area contributed by atoms with Crippen LogP contribution < -0.4 is 5.32 Å². The van der Waals surface area contributed by atoms with Crippen LogP contribution in [-0.4, -0.2) is 47.4 Å². The summed E-state index contributed by atoms with van der Waals surface area (Å²) in [5.74, 6) is -0.109. The summed E-state index contributed by atoms with van der Waals surface area (Å²) < 4.78 is 5.44. The zero-order chi connectivity index (χ0) is 40.1. The molecule has 326 valence electrons. The van der Waals surface area contributed by atoms with Crippen LogP contribution in [0.25, 0.3) is 0 Å². The van der Waals surface area contributed by atoms with E-state index in [1.54, 1.807) is 6.08 Å². The first kappa shape index (κ1) is 53.6. The fourth-order valence-corrected chi connectivity index (χ4v) is 7.51. The van der Waals surface area contributed by atoms with Crippen molar-refractivity contribution in [3.63, 3.8) is 0 Å². The van der Waals surface area contributed by atoms with E-state index in [0.717, 1.165) is 57.8 Å². The third kappa shape index (κ3) is 42.0. The molecule has 0 spiro atoms. The molecule has 0 saturated carbocycles. The summed E-state index contributed by atoms with van der Waals surface area (Å²) in [6, 6.07) is -0.642. The van der Waals surface area contributed by atoms with E-state index in [1.807, 2.05) is 6.08 Å². The minimum atomic E-state index is -0.857. The number of hydrogen-bond acceptors (Lipinski definition) is 5. The number of allylic oxidation sites excluding steroid dienone is 1. The Labute approximate surface area is 342 Å². The Morgan fingerprint density at radius 2 is 0.836 bits per heavy atom. The molecule has 0 heterocycles. The van der Waals surface area contributed by atoms with Crippen molar-refractivity contribution in [3.8, 4) is 0 Å². The molecule has 2 atom stereocenters. The highest BCUT2D eigenvalue weighted by atomic mass is 16.5. The number of unbranched alkanes of at least 4 members (excludes halogenated alkanes) is 34. The van der Waals surface area contributed by atoms with E-state index in [-0.39, 0.29) is 18.5 Å². The summed E-state index contributed by atoms with van der Waals surface area (Å²) in [7, 11) is 0. The van der Waals surface area contributed by atoms with Gasteiger partial charge in [0.25, 0.3) is 0 Å². The minimum Gasteiger partial charge on any atom is -0.466 e. The summed E-state index contributed by atoms with van der Waals surface area (Å²) in [5.41, 5.74) is 0. The van der Waals surface area contributed by atoms with Crippen LogP contribution in [0, 0.1) is 0 Å². The highest BCUT2D eigenvalue weighted by Crippen LogP contribution is 2.16. The van der Waals surface area contributed by atoms with Crippen LogP contribution in [0.3, 0.4) is 0 Å². The lowest BCUT2D eigenvalue weighted by molar-refractivity contribution is -0.143. The van der Waals surface area contributed by atoms with Crippen LogP contribution in [0.15, 0.2) is 12.2 Å². The molecular weight excluding hydrogens is 683 g/mol. The Morgan fingerprint density at radius 1 is 0.491 bits per heavy atom. The van der Waals surface area contributed by atoms with Crippen molar-refractivity contribution >= 4 is 11.9 Å². The van der Waals surface area contributed by atoms with Crippen LogP contribution in [0.1, 0.15) is 264 Å². The molecule has 0 aliphatic rings. The third-order valence-electron chi connectivity index (χ3n) is 11.3. The summed E-state index contributed by atoms with van der Waals surface area (Å²) in [6.45, 7) is 4.85. The summed E-state index contributed by atoms with van der Waals surface area (Å²) in [6.07, 6.45) is 50.5. The van der Waals surface area contributed by atoms with Gasteiger partial charge in [-0.05, 0) is 32.1 Å². The predicted molar refractivity (Wildman–Crippen MR) is 237 cm³/mol. The number of rotatable bonds is 45. The van der Waals surface area contributed by atoms with Crippen molar-refractivity contribution in [2.75, 3.05) is 13.2 Å². The molecule has 0 aromatic heterocycles. The Balaban J connectivity index is 3.52. The molecule has 0 saturated heterocycles. The van der Waals surface area contributed by atoms with Crippen LogP contribution in [0.5, 0.6) is 0 Å². The van der Waals surface area contributed by atoms with Crippen molar-refractivity contribution in [2.45, 2.75) is 276 Å². The van der Waals surface area contributed by atoms with Gasteiger partial charge in [0.15, 0.2) is 0 Å². The first-order valence-electron chi connectivity index (χ1n) is 24.5. The molecule has 0 bridgehead atoms. The quantitative estimate of drug-likeness (QED) is 0.0325. The van der Waals surface area contributed by atoms with Crippen LogP contribution in [0.4, 0.5) is 0 Å². The lowest BCUT2D eigenvalue weighted by Crippen LogP contribution is -2.45. The summed E-state index contributed by atoms with van der Waals surface area (Å²) in [5, 5.41) is 23.0. The van der Waals surface area contributed by atoms with Crippen LogP contribution in [-0.2, 0) is 14.3 Å². The molecule has 55 heavy (non-hydrogen) atoms. The minimum absolute atomic E-state index is 0.0201. The number of amides is 1. The first-order chi connectivity index (χ1) is 27.0. The Kier molecular flexibility index (Phi) is 44.2. The molecule has 0 aliphatic heterocycles. The molecule has 0 aliphatic carbocycles. The number of nitrogens with one attached hydrogen (secondary N) is 1. The number of aliphatic hydroxyl groups is 2. The fraction of sp³-hybridized carbons (Fsp3) is 0.918. The number of hydrogen-bond donors (Lipinski definition) is 3. The van der Waals surface area contributed by atoms with Gasteiger partial charge in [-0.15, -0.1) is 0 Å². The van der Waals surface area contributed by atoms with E-state index in [9.17, 15) is 19.8 Å². The van der Waals surface area contributed by atoms with Crippen molar-refractivity contribution in [2.24, 2.45) is 0 Å². The Bertz CT molecular complexity index is 817. The van der Waals surface area contributed by atoms with Gasteiger partial charge in [-0.3, -0.25) is 9.59 Å². The van der Waals surface area contributed by atoms with Gasteiger partial charge in [0.2, 0.25) is 5.91 Å². The van der Waals surface area contributed by atoms with Gasteiger partial charge in [0, 0.05) is 12.8 Å². The van der Waals surface area contributed by atoms with Gasteiger partial charge < -0.3 is 20.3 Å². The molecule has 0 fully saturated rings. The summed E-state index contributed by atoms with van der Waals surface area (Å²) in [4.78, 5) is 24.4. The zero-order valence-electron chi connectivity index (χ0n) is 36.9. The number of carbonyl (C=O) groups excluding carboxylic acids is 2. The van der Waals surface area contributed by atoms with Gasteiger partial charge in [-0.1, -0.05) is 231 Å². The molecule has 0 aromatic carbocycles. The first-order valence-corrected chi connectivity index (χ1v) is 24.5. The van der Waals surface area contributed by atoms with E-state index in [4.69, 9.17) is 4.74 Å². The maximum atomic E-state index is 12.4. The second kappa shape index (κ2) is 45.3. The van der Waals surface area contributed by atoms with Gasteiger partial charge in [-0.25, -0.2) is 0 Å². The van der Waals surface area contributed by atoms with Gasteiger partial charge in [0.05, 0.1) is 25.4 Å². The monoisotopic (exact) mass is 778 g/mol. The van der Waals surface area contributed by atoms with Gasteiger partial charge in [-0.2, -0.15) is 0 Å². The van der Waals surface area contributed by atoms with Crippen molar-refractivity contribution < 1.29 is 24.5 Å². The molecule has 3 N–H and O–H groups in total. The highest BCUT2D eigenvalue weighted by molar-refractivity contribution is 5.76. The maximum Gasteiger partial charge on any atom is 0.305 e.